The third-order valence-electron chi connectivity index (χ3n) is 5.37. The van der Waals surface area contributed by atoms with Crippen molar-refractivity contribution in [2.45, 2.75) is 37.6 Å². The number of rotatable bonds is 4. The highest BCUT2D eigenvalue weighted by Gasteiger charge is 2.34. The van der Waals surface area contributed by atoms with Crippen LogP contribution in [-0.4, -0.2) is 43.2 Å². The number of nitro groups is 1. The van der Waals surface area contributed by atoms with Crippen LogP contribution in [0.1, 0.15) is 53.8 Å². The van der Waals surface area contributed by atoms with Crippen LogP contribution < -0.4 is 5.69 Å². The molecule has 1 amide bonds. The topological polar surface area (TPSA) is 103 Å². The lowest BCUT2D eigenvalue weighted by Gasteiger charge is -2.31. The summed E-state index contributed by atoms with van der Waals surface area (Å²) in [6.45, 7) is 1.16. The Hall–Kier alpha value is -2.97. The number of benzene rings is 1. The molecule has 1 aliphatic carbocycles. The minimum atomic E-state index is -0.480. The first-order valence-electron chi connectivity index (χ1n) is 9.15. The average Bonchev–Trinajstić information content (AvgIpc) is 3.47. The van der Waals surface area contributed by atoms with Crippen LogP contribution >= 0.6 is 0 Å². The molecule has 0 radical (unpaired) electrons. The fourth-order valence-electron chi connectivity index (χ4n) is 3.70. The van der Waals surface area contributed by atoms with Gasteiger partial charge in [-0.3, -0.25) is 19.5 Å². The maximum absolute atomic E-state index is 12.6. The molecule has 2 aliphatic rings. The van der Waals surface area contributed by atoms with E-state index in [1.54, 1.807) is 11.9 Å². The van der Waals surface area contributed by atoms with Crippen LogP contribution in [0.3, 0.4) is 0 Å². The molecule has 0 unspecified atom stereocenters. The van der Waals surface area contributed by atoms with Crippen LogP contribution in [0.5, 0.6) is 0 Å². The summed E-state index contributed by atoms with van der Waals surface area (Å²) in [5.74, 6) is 0.886. The Kier molecular flexibility index (Phi) is 4.29. The number of hydrogen-bond donors (Lipinski definition) is 0. The molecule has 9 nitrogen and oxygen atoms in total. The summed E-state index contributed by atoms with van der Waals surface area (Å²) in [6.07, 6.45) is 3.55. The smallest absolute Gasteiger partial charge is 0.339 e. The fraction of sp³-hybridized carbons (Fsp3) is 0.500. The molecular formula is C18H21N5O4. The van der Waals surface area contributed by atoms with Crippen LogP contribution in [0.2, 0.25) is 0 Å². The zero-order valence-electron chi connectivity index (χ0n) is 15.1. The summed E-state index contributed by atoms with van der Waals surface area (Å²) >= 11 is 0. The summed E-state index contributed by atoms with van der Waals surface area (Å²) < 4.78 is 3.24. The van der Waals surface area contributed by atoms with Gasteiger partial charge in [0.15, 0.2) is 0 Å². The monoisotopic (exact) mass is 371 g/mol. The highest BCUT2D eigenvalue weighted by atomic mass is 16.6. The molecule has 142 valence electrons. The number of non-ortho nitro benzene ring substituents is 1. The first kappa shape index (κ1) is 17.4. The van der Waals surface area contributed by atoms with Crippen molar-refractivity contribution < 1.29 is 9.72 Å². The predicted octanol–water partition coefficient (Wildman–Crippen LogP) is 1.84. The van der Waals surface area contributed by atoms with E-state index in [-0.39, 0.29) is 29.2 Å². The van der Waals surface area contributed by atoms with Crippen molar-refractivity contribution in [2.75, 3.05) is 13.1 Å². The molecule has 0 N–H and O–H groups in total. The number of aromatic nitrogens is 3. The molecule has 1 aromatic heterocycles. The number of likely N-dealkylation sites (tertiary alicyclic amines) is 1. The van der Waals surface area contributed by atoms with E-state index in [1.807, 2.05) is 4.57 Å². The van der Waals surface area contributed by atoms with Gasteiger partial charge in [0.25, 0.3) is 11.6 Å². The summed E-state index contributed by atoms with van der Waals surface area (Å²) in [6, 6.07) is 5.97. The maximum atomic E-state index is 12.6. The van der Waals surface area contributed by atoms with E-state index in [0.717, 1.165) is 31.5 Å². The Bertz CT molecular complexity index is 934. The molecule has 0 atom stereocenters. The van der Waals surface area contributed by atoms with Gasteiger partial charge in [-0.05, 0) is 37.8 Å². The van der Waals surface area contributed by atoms with Gasteiger partial charge in [0.05, 0.1) is 4.92 Å². The third kappa shape index (κ3) is 3.24. The van der Waals surface area contributed by atoms with Crippen molar-refractivity contribution in [2.24, 2.45) is 7.05 Å². The lowest BCUT2D eigenvalue weighted by Crippen LogP contribution is -2.38. The van der Waals surface area contributed by atoms with Crippen molar-refractivity contribution in [3.05, 3.63) is 56.3 Å². The fourth-order valence-corrected chi connectivity index (χ4v) is 3.70. The molecular weight excluding hydrogens is 350 g/mol. The number of carbonyl (C=O) groups excluding carboxylic acids is 1. The molecule has 1 saturated carbocycles. The van der Waals surface area contributed by atoms with Crippen LogP contribution in [-0.2, 0) is 7.05 Å². The summed E-state index contributed by atoms with van der Waals surface area (Å²) in [5.41, 5.74) is 0.363. The Morgan fingerprint density at radius 3 is 2.33 bits per heavy atom. The Morgan fingerprint density at radius 2 is 1.78 bits per heavy atom. The van der Waals surface area contributed by atoms with Crippen molar-refractivity contribution in [1.29, 1.82) is 0 Å². The lowest BCUT2D eigenvalue weighted by molar-refractivity contribution is -0.384. The van der Waals surface area contributed by atoms with E-state index in [2.05, 4.69) is 5.10 Å². The van der Waals surface area contributed by atoms with Gasteiger partial charge in [-0.15, -0.1) is 0 Å². The zero-order valence-corrected chi connectivity index (χ0v) is 15.1. The van der Waals surface area contributed by atoms with Crippen LogP contribution in [0, 0.1) is 10.1 Å². The van der Waals surface area contributed by atoms with Gasteiger partial charge in [0.2, 0.25) is 0 Å². The molecule has 1 saturated heterocycles. The standard InChI is InChI=1S/C18H21N5O4/c1-20-18(25)22(14-6-7-14)16(19-20)12-8-10-21(11-9-12)17(24)13-2-4-15(5-3-13)23(26)27/h2-5,12,14H,6-11H2,1H3. The molecule has 0 bridgehead atoms. The van der Waals surface area contributed by atoms with Crippen LogP contribution in [0.4, 0.5) is 5.69 Å². The van der Waals surface area contributed by atoms with E-state index < -0.39 is 4.92 Å². The van der Waals surface area contributed by atoms with Gasteiger partial charge >= 0.3 is 5.69 Å². The van der Waals surface area contributed by atoms with E-state index in [0.29, 0.717) is 18.7 Å². The number of piperidine rings is 1. The van der Waals surface area contributed by atoms with E-state index in [4.69, 9.17) is 0 Å². The highest BCUT2D eigenvalue weighted by molar-refractivity contribution is 5.94. The molecule has 9 heteroatoms. The Labute approximate surface area is 155 Å². The molecule has 0 spiro atoms. The molecule has 1 aromatic carbocycles. The second kappa shape index (κ2) is 6.64. The summed E-state index contributed by atoms with van der Waals surface area (Å²) in [7, 11) is 1.68. The van der Waals surface area contributed by atoms with Crippen molar-refractivity contribution in [3.63, 3.8) is 0 Å². The summed E-state index contributed by atoms with van der Waals surface area (Å²) in [4.78, 5) is 37.0. The van der Waals surface area contributed by atoms with Crippen molar-refractivity contribution >= 4 is 11.6 Å². The maximum Gasteiger partial charge on any atom is 0.345 e. The molecule has 2 heterocycles. The first-order chi connectivity index (χ1) is 13.0. The SMILES string of the molecule is Cn1nc(C2CCN(C(=O)c3ccc([N+](=O)[O-])cc3)CC2)n(C2CC2)c1=O. The first-order valence-corrected chi connectivity index (χ1v) is 9.15. The molecule has 2 aromatic rings. The summed E-state index contributed by atoms with van der Waals surface area (Å²) in [5, 5.41) is 15.2. The van der Waals surface area contributed by atoms with Gasteiger partial charge in [-0.25, -0.2) is 9.48 Å². The Balaban J connectivity index is 1.45. The quantitative estimate of drug-likeness (QED) is 0.603. The van der Waals surface area contributed by atoms with E-state index in [1.165, 1.54) is 28.9 Å². The normalized spacial score (nSPS) is 17.9. The van der Waals surface area contributed by atoms with Gasteiger partial charge < -0.3 is 4.90 Å². The number of carbonyl (C=O) groups is 1. The second-order valence-corrected chi connectivity index (χ2v) is 7.24. The van der Waals surface area contributed by atoms with Crippen molar-refractivity contribution in [1.82, 2.24) is 19.2 Å². The zero-order chi connectivity index (χ0) is 19.1. The molecule has 2 fully saturated rings. The Morgan fingerprint density at radius 1 is 1.15 bits per heavy atom. The van der Waals surface area contributed by atoms with Crippen LogP contribution in [0.25, 0.3) is 0 Å². The third-order valence-corrected chi connectivity index (χ3v) is 5.37. The number of nitro benzene ring substituents is 1. The second-order valence-electron chi connectivity index (χ2n) is 7.24. The highest BCUT2D eigenvalue weighted by Crippen LogP contribution is 2.37. The minimum Gasteiger partial charge on any atom is -0.339 e. The number of nitrogens with zero attached hydrogens (tertiary/aromatic N) is 5. The number of amides is 1. The van der Waals surface area contributed by atoms with E-state index in [9.17, 15) is 19.7 Å². The van der Waals surface area contributed by atoms with E-state index >= 15 is 0 Å². The molecule has 27 heavy (non-hydrogen) atoms. The minimum absolute atomic E-state index is 0.0292. The largest absolute Gasteiger partial charge is 0.345 e. The lowest BCUT2D eigenvalue weighted by atomic mass is 9.95. The number of hydrogen-bond acceptors (Lipinski definition) is 5. The molecule has 4 rings (SSSR count). The van der Waals surface area contributed by atoms with Gasteiger partial charge in [0, 0.05) is 49.8 Å². The van der Waals surface area contributed by atoms with Gasteiger partial charge in [-0.1, -0.05) is 0 Å². The molecule has 1 aliphatic heterocycles. The van der Waals surface area contributed by atoms with Gasteiger partial charge in [0.1, 0.15) is 5.82 Å². The number of aryl methyl sites for hydroxylation is 1. The predicted molar refractivity (Wildman–Crippen MR) is 96.7 cm³/mol. The van der Waals surface area contributed by atoms with Crippen LogP contribution in [0.15, 0.2) is 29.1 Å². The average molecular weight is 371 g/mol. The van der Waals surface area contributed by atoms with Gasteiger partial charge in [-0.2, -0.15) is 5.10 Å². The van der Waals surface area contributed by atoms with Crippen molar-refractivity contribution in [3.8, 4) is 0 Å².